The Morgan fingerprint density at radius 2 is 2.00 bits per heavy atom. The smallest absolute Gasteiger partial charge is 0.0462 e. The van der Waals surface area contributed by atoms with Crippen LogP contribution < -0.4 is 5.32 Å². The second-order valence-electron chi connectivity index (χ2n) is 5.65. The molecule has 0 amide bonds. The Bertz CT molecular complexity index is 206. The minimum absolute atomic E-state index is 0.504. The van der Waals surface area contributed by atoms with Crippen LogP contribution in [0.5, 0.6) is 0 Å². The molecule has 0 radical (unpaired) electrons. The molecule has 0 atom stereocenters. The maximum absolute atomic E-state index is 5.14. The van der Waals surface area contributed by atoms with Crippen LogP contribution in [0.2, 0.25) is 0 Å². The van der Waals surface area contributed by atoms with E-state index in [9.17, 15) is 0 Å². The van der Waals surface area contributed by atoms with Crippen LogP contribution in [0.3, 0.4) is 0 Å². The predicted molar refractivity (Wildman–Crippen MR) is 71.4 cm³/mol. The third-order valence-electron chi connectivity index (χ3n) is 4.49. The van der Waals surface area contributed by atoms with Gasteiger partial charge >= 0.3 is 0 Å². The average molecular weight is 240 g/mol. The Kier molecular flexibility index (Phi) is 5.26. The van der Waals surface area contributed by atoms with Gasteiger partial charge < -0.3 is 10.1 Å². The lowest BCUT2D eigenvalue weighted by Gasteiger charge is -2.50. The molecule has 3 nitrogen and oxygen atoms in total. The first-order chi connectivity index (χ1) is 8.37. The van der Waals surface area contributed by atoms with Gasteiger partial charge in [-0.15, -0.1) is 0 Å². The Morgan fingerprint density at radius 1 is 1.18 bits per heavy atom. The molecule has 1 heterocycles. The molecule has 1 saturated heterocycles. The fourth-order valence-electron chi connectivity index (χ4n) is 3.48. The Labute approximate surface area is 106 Å². The molecule has 3 heteroatoms. The van der Waals surface area contributed by atoms with E-state index >= 15 is 0 Å². The Balaban J connectivity index is 1.83. The molecule has 0 aromatic rings. The lowest BCUT2D eigenvalue weighted by molar-refractivity contribution is 0.0250. The highest BCUT2D eigenvalue weighted by atomic mass is 16.5. The van der Waals surface area contributed by atoms with Crippen LogP contribution in [0.4, 0.5) is 0 Å². The molecule has 100 valence electrons. The van der Waals surface area contributed by atoms with Crippen molar-refractivity contribution < 1.29 is 4.74 Å². The van der Waals surface area contributed by atoms with Gasteiger partial charge in [0.1, 0.15) is 0 Å². The first kappa shape index (κ1) is 13.3. The number of ether oxygens (including phenoxy) is 1. The third kappa shape index (κ3) is 3.43. The number of hydrogen-bond acceptors (Lipinski definition) is 3. The highest BCUT2D eigenvalue weighted by Gasteiger charge is 2.38. The van der Waals surface area contributed by atoms with E-state index in [4.69, 9.17) is 4.74 Å². The summed E-state index contributed by atoms with van der Waals surface area (Å²) in [4.78, 5) is 2.78. The second kappa shape index (κ2) is 6.72. The van der Waals surface area contributed by atoms with E-state index in [-0.39, 0.29) is 0 Å². The summed E-state index contributed by atoms with van der Waals surface area (Å²) in [7, 11) is 1.80. The lowest BCUT2D eigenvalue weighted by atomic mass is 9.79. The highest BCUT2D eigenvalue weighted by Crippen LogP contribution is 2.34. The Morgan fingerprint density at radius 3 is 2.76 bits per heavy atom. The minimum Gasteiger partial charge on any atom is -0.385 e. The molecule has 17 heavy (non-hydrogen) atoms. The highest BCUT2D eigenvalue weighted by molar-refractivity contribution is 4.97. The molecule has 2 aliphatic rings. The largest absolute Gasteiger partial charge is 0.385 e. The first-order valence-corrected chi connectivity index (χ1v) is 7.32. The number of hydrogen-bond donors (Lipinski definition) is 1. The second-order valence-corrected chi connectivity index (χ2v) is 5.65. The number of rotatable bonds is 5. The van der Waals surface area contributed by atoms with Crippen molar-refractivity contribution in [3.05, 3.63) is 0 Å². The van der Waals surface area contributed by atoms with Gasteiger partial charge in [-0.05, 0) is 32.2 Å². The van der Waals surface area contributed by atoms with Crippen molar-refractivity contribution in [3.8, 4) is 0 Å². The minimum atomic E-state index is 0.504. The number of nitrogens with one attached hydrogen (secondary N) is 1. The third-order valence-corrected chi connectivity index (χ3v) is 4.49. The maximum atomic E-state index is 5.14. The number of methoxy groups -OCH3 is 1. The molecule has 1 saturated carbocycles. The van der Waals surface area contributed by atoms with E-state index in [0.29, 0.717) is 5.54 Å². The van der Waals surface area contributed by atoms with Gasteiger partial charge in [0.05, 0.1) is 0 Å². The van der Waals surface area contributed by atoms with Crippen molar-refractivity contribution in [2.24, 2.45) is 0 Å². The van der Waals surface area contributed by atoms with Gasteiger partial charge in [0, 0.05) is 38.9 Å². The summed E-state index contributed by atoms with van der Waals surface area (Å²) in [6.45, 7) is 5.82. The summed E-state index contributed by atoms with van der Waals surface area (Å²) in [5.74, 6) is 0. The summed E-state index contributed by atoms with van der Waals surface area (Å²) >= 11 is 0. The number of unbranched alkanes of at least 4 members (excludes halogenated alkanes) is 1. The molecule has 0 aromatic heterocycles. The van der Waals surface area contributed by atoms with E-state index < -0.39 is 0 Å². The average Bonchev–Trinajstić information content (AvgIpc) is 2.38. The van der Waals surface area contributed by atoms with Crippen LogP contribution in [0.25, 0.3) is 0 Å². The van der Waals surface area contributed by atoms with Gasteiger partial charge in [0.15, 0.2) is 0 Å². The van der Waals surface area contributed by atoms with Crippen molar-refractivity contribution in [2.45, 2.75) is 50.5 Å². The summed E-state index contributed by atoms with van der Waals surface area (Å²) in [6.07, 6.45) is 9.60. The molecule has 1 spiro atoms. The first-order valence-electron chi connectivity index (χ1n) is 7.32. The van der Waals surface area contributed by atoms with Crippen molar-refractivity contribution >= 4 is 0 Å². The van der Waals surface area contributed by atoms with Gasteiger partial charge in [-0.25, -0.2) is 0 Å². The topological polar surface area (TPSA) is 24.5 Å². The van der Waals surface area contributed by atoms with Crippen LogP contribution >= 0.6 is 0 Å². The molecule has 1 N–H and O–H groups in total. The van der Waals surface area contributed by atoms with E-state index in [2.05, 4.69) is 10.2 Å². The summed E-state index contributed by atoms with van der Waals surface area (Å²) in [6, 6.07) is 0. The molecule has 0 unspecified atom stereocenters. The molecule has 2 fully saturated rings. The van der Waals surface area contributed by atoms with Gasteiger partial charge in [-0.3, -0.25) is 4.90 Å². The van der Waals surface area contributed by atoms with Gasteiger partial charge in [-0.2, -0.15) is 0 Å². The van der Waals surface area contributed by atoms with E-state index in [1.54, 1.807) is 7.11 Å². The SMILES string of the molecule is COCCCCN1CCNCC12CCCCC2. The zero-order valence-corrected chi connectivity index (χ0v) is 11.3. The molecular weight excluding hydrogens is 212 g/mol. The van der Waals surface area contributed by atoms with Crippen LogP contribution in [-0.2, 0) is 4.74 Å². The fraction of sp³-hybridized carbons (Fsp3) is 1.00. The van der Waals surface area contributed by atoms with Crippen LogP contribution in [0.1, 0.15) is 44.9 Å². The lowest BCUT2D eigenvalue weighted by Crippen LogP contribution is -2.62. The molecule has 0 aromatic carbocycles. The summed E-state index contributed by atoms with van der Waals surface area (Å²) in [5, 5.41) is 3.61. The monoisotopic (exact) mass is 240 g/mol. The normalized spacial score (nSPS) is 25.2. The van der Waals surface area contributed by atoms with Crippen molar-refractivity contribution in [1.82, 2.24) is 10.2 Å². The van der Waals surface area contributed by atoms with E-state index in [1.165, 1.54) is 71.1 Å². The summed E-state index contributed by atoms with van der Waals surface area (Å²) in [5.41, 5.74) is 0.504. The zero-order valence-electron chi connectivity index (χ0n) is 11.3. The molecule has 2 rings (SSSR count). The quantitative estimate of drug-likeness (QED) is 0.744. The molecule has 0 bridgehead atoms. The number of nitrogens with zero attached hydrogens (tertiary/aromatic N) is 1. The molecule has 1 aliphatic carbocycles. The summed E-state index contributed by atoms with van der Waals surface area (Å²) < 4.78 is 5.14. The number of piperazine rings is 1. The van der Waals surface area contributed by atoms with E-state index in [1.807, 2.05) is 0 Å². The molecular formula is C14H28N2O. The standard InChI is InChI=1S/C14H28N2O/c1-17-12-6-5-10-16-11-9-15-13-14(16)7-3-2-4-8-14/h15H,2-13H2,1H3. The predicted octanol–water partition coefficient (Wildman–Crippen LogP) is 2.02. The van der Waals surface area contributed by atoms with Crippen molar-refractivity contribution in [3.63, 3.8) is 0 Å². The van der Waals surface area contributed by atoms with Gasteiger partial charge in [0.2, 0.25) is 0 Å². The Hall–Kier alpha value is -0.120. The van der Waals surface area contributed by atoms with Crippen LogP contribution in [0, 0.1) is 0 Å². The van der Waals surface area contributed by atoms with Gasteiger partial charge in [0.25, 0.3) is 0 Å². The van der Waals surface area contributed by atoms with Gasteiger partial charge in [-0.1, -0.05) is 19.3 Å². The van der Waals surface area contributed by atoms with Crippen LogP contribution in [-0.4, -0.2) is 50.3 Å². The zero-order chi connectivity index (χ0) is 12.0. The van der Waals surface area contributed by atoms with Crippen LogP contribution in [0.15, 0.2) is 0 Å². The van der Waals surface area contributed by atoms with E-state index in [0.717, 1.165) is 6.61 Å². The van der Waals surface area contributed by atoms with Crippen molar-refractivity contribution in [1.29, 1.82) is 0 Å². The molecule has 1 aliphatic heterocycles. The fourth-order valence-corrected chi connectivity index (χ4v) is 3.48. The maximum Gasteiger partial charge on any atom is 0.0462 e. The van der Waals surface area contributed by atoms with Crippen molar-refractivity contribution in [2.75, 3.05) is 39.9 Å².